The normalized spacial score (nSPS) is 18.3. The summed E-state index contributed by atoms with van der Waals surface area (Å²) >= 11 is 0. The van der Waals surface area contributed by atoms with Gasteiger partial charge in [-0.1, -0.05) is 18.2 Å². The van der Waals surface area contributed by atoms with Crippen molar-refractivity contribution in [2.24, 2.45) is 0 Å². The molecular weight excluding hydrogens is 254 g/mol. The Morgan fingerprint density at radius 2 is 2.17 bits per heavy atom. The van der Waals surface area contributed by atoms with Gasteiger partial charge in [0.25, 0.3) is 10.0 Å². The Morgan fingerprint density at radius 1 is 1.33 bits per heavy atom. The maximum Gasteiger partial charge on any atom is 0.258 e. The fourth-order valence-corrected chi connectivity index (χ4v) is 3.01. The summed E-state index contributed by atoms with van der Waals surface area (Å²) in [5.74, 6) is 0.717. The number of aromatic amines is 1. The lowest BCUT2D eigenvalue weighted by Gasteiger charge is -2.10. The Balaban J connectivity index is 1.88. The number of hydrogen-bond donors (Lipinski definition) is 2. The number of para-hydroxylation sites is 1. The number of H-pyrrole nitrogens is 1. The second-order valence-electron chi connectivity index (χ2n) is 3.94. The molecule has 1 aromatic carbocycles. The van der Waals surface area contributed by atoms with Crippen LogP contribution in [0.15, 0.2) is 41.6 Å². The average molecular weight is 265 g/mol. The third kappa shape index (κ3) is 1.87. The first-order valence-corrected chi connectivity index (χ1v) is 6.88. The summed E-state index contributed by atoms with van der Waals surface area (Å²) in [5.41, 5.74) is 0.848. The van der Waals surface area contributed by atoms with Crippen molar-refractivity contribution in [1.29, 1.82) is 0 Å². The van der Waals surface area contributed by atoms with Gasteiger partial charge in [0.05, 0.1) is 12.2 Å². The number of ether oxygens (including phenoxy) is 1. The van der Waals surface area contributed by atoms with E-state index in [0.717, 1.165) is 11.3 Å². The number of nitrogens with zero attached hydrogens (tertiary/aromatic N) is 1. The third-order valence-electron chi connectivity index (χ3n) is 2.76. The summed E-state index contributed by atoms with van der Waals surface area (Å²) < 4.78 is 32.1. The summed E-state index contributed by atoms with van der Waals surface area (Å²) in [6.45, 7) is 0.298. The highest BCUT2D eigenvalue weighted by Crippen LogP contribution is 2.32. The molecule has 1 aliphatic rings. The van der Waals surface area contributed by atoms with Crippen LogP contribution >= 0.6 is 0 Å². The molecule has 0 amide bonds. The molecule has 6 nitrogen and oxygen atoms in total. The smallest absolute Gasteiger partial charge is 0.258 e. The third-order valence-corrected chi connectivity index (χ3v) is 4.16. The molecule has 3 rings (SSSR count). The van der Waals surface area contributed by atoms with Gasteiger partial charge in [-0.05, 0) is 12.1 Å². The Kier molecular flexibility index (Phi) is 2.57. The fraction of sp³-hybridized carbons (Fsp3) is 0.182. The van der Waals surface area contributed by atoms with E-state index in [-0.39, 0.29) is 11.1 Å². The van der Waals surface area contributed by atoms with Gasteiger partial charge in [0.15, 0.2) is 5.03 Å². The average Bonchev–Trinajstić information content (AvgIpc) is 2.99. The van der Waals surface area contributed by atoms with Crippen molar-refractivity contribution in [3.05, 3.63) is 42.1 Å². The molecule has 1 aromatic heterocycles. The van der Waals surface area contributed by atoms with Crippen LogP contribution in [0.25, 0.3) is 0 Å². The maximum atomic E-state index is 12.0. The SMILES string of the molecule is O=S(=O)(NC1COc2ccccc21)c1ccn[nH]1. The van der Waals surface area contributed by atoms with Gasteiger partial charge < -0.3 is 4.74 Å². The minimum atomic E-state index is -3.59. The highest BCUT2D eigenvalue weighted by atomic mass is 32.2. The molecule has 0 radical (unpaired) electrons. The van der Waals surface area contributed by atoms with Gasteiger partial charge in [0.1, 0.15) is 12.4 Å². The van der Waals surface area contributed by atoms with Crippen molar-refractivity contribution in [1.82, 2.24) is 14.9 Å². The molecule has 0 saturated carbocycles. The van der Waals surface area contributed by atoms with E-state index in [1.54, 1.807) is 0 Å². The zero-order valence-corrected chi connectivity index (χ0v) is 10.1. The number of nitrogens with one attached hydrogen (secondary N) is 2. The summed E-state index contributed by atoms with van der Waals surface area (Å²) in [5, 5.41) is 6.11. The van der Waals surface area contributed by atoms with E-state index in [1.807, 2.05) is 24.3 Å². The Morgan fingerprint density at radius 3 is 2.94 bits per heavy atom. The van der Waals surface area contributed by atoms with Crippen LogP contribution in [-0.2, 0) is 10.0 Å². The molecule has 7 heteroatoms. The van der Waals surface area contributed by atoms with Crippen LogP contribution < -0.4 is 9.46 Å². The molecule has 0 saturated heterocycles. The molecule has 94 valence electrons. The van der Waals surface area contributed by atoms with Crippen molar-refractivity contribution in [2.75, 3.05) is 6.61 Å². The molecule has 0 spiro atoms. The molecule has 1 unspecified atom stereocenters. The number of hydrogen-bond acceptors (Lipinski definition) is 4. The van der Waals surface area contributed by atoms with Crippen LogP contribution in [0.3, 0.4) is 0 Å². The Hall–Kier alpha value is -1.86. The molecule has 1 atom stereocenters. The van der Waals surface area contributed by atoms with Gasteiger partial charge in [0.2, 0.25) is 0 Å². The first-order valence-electron chi connectivity index (χ1n) is 5.40. The summed E-state index contributed by atoms with van der Waals surface area (Å²) in [7, 11) is -3.59. The van der Waals surface area contributed by atoms with Gasteiger partial charge in [-0.15, -0.1) is 0 Å². The highest BCUT2D eigenvalue weighted by molar-refractivity contribution is 7.89. The zero-order chi connectivity index (χ0) is 12.6. The molecule has 0 fully saturated rings. The van der Waals surface area contributed by atoms with Crippen LogP contribution in [-0.4, -0.2) is 25.2 Å². The lowest BCUT2D eigenvalue weighted by Crippen LogP contribution is -2.29. The van der Waals surface area contributed by atoms with Gasteiger partial charge >= 0.3 is 0 Å². The molecule has 2 heterocycles. The summed E-state index contributed by atoms with van der Waals surface area (Å²) in [4.78, 5) is 0. The summed E-state index contributed by atoms with van der Waals surface area (Å²) in [6.07, 6.45) is 1.40. The molecular formula is C11H11N3O3S. The Labute approximate surface area is 104 Å². The number of fused-ring (bicyclic) bond motifs is 1. The number of benzene rings is 1. The monoisotopic (exact) mass is 265 g/mol. The molecule has 0 aliphatic carbocycles. The standard InChI is InChI=1S/C11H11N3O3S/c15-18(16,11-5-6-12-13-11)14-9-7-17-10-4-2-1-3-8(9)10/h1-6,9,14H,7H2,(H,12,13). The number of sulfonamides is 1. The van der Waals surface area contributed by atoms with Crippen LogP contribution in [0.5, 0.6) is 5.75 Å². The fourth-order valence-electron chi connectivity index (χ4n) is 1.90. The lowest BCUT2D eigenvalue weighted by atomic mass is 10.1. The van der Waals surface area contributed by atoms with Crippen LogP contribution in [0.1, 0.15) is 11.6 Å². The van der Waals surface area contributed by atoms with Crippen molar-refractivity contribution >= 4 is 10.0 Å². The minimum Gasteiger partial charge on any atom is -0.491 e. The quantitative estimate of drug-likeness (QED) is 0.860. The molecule has 0 bridgehead atoms. The predicted octanol–water partition coefficient (Wildman–Crippen LogP) is 0.822. The lowest BCUT2D eigenvalue weighted by molar-refractivity contribution is 0.325. The topological polar surface area (TPSA) is 84.1 Å². The van der Waals surface area contributed by atoms with Crippen molar-refractivity contribution in [3.63, 3.8) is 0 Å². The van der Waals surface area contributed by atoms with Gasteiger partial charge in [-0.2, -0.15) is 9.82 Å². The second-order valence-corrected chi connectivity index (χ2v) is 5.63. The van der Waals surface area contributed by atoms with Gasteiger partial charge in [-0.3, -0.25) is 5.10 Å². The molecule has 1 aliphatic heterocycles. The largest absolute Gasteiger partial charge is 0.491 e. The summed E-state index contributed by atoms with van der Waals surface area (Å²) in [6, 6.07) is 8.41. The van der Waals surface area contributed by atoms with E-state index in [2.05, 4.69) is 14.9 Å². The number of aromatic nitrogens is 2. The first-order chi connectivity index (χ1) is 8.67. The van der Waals surface area contributed by atoms with Gasteiger partial charge in [0, 0.05) is 5.56 Å². The molecule has 2 aromatic rings. The Bertz CT molecular complexity index is 652. The van der Waals surface area contributed by atoms with Crippen molar-refractivity contribution in [2.45, 2.75) is 11.1 Å². The second kappa shape index (κ2) is 4.11. The van der Waals surface area contributed by atoms with Crippen LogP contribution in [0, 0.1) is 0 Å². The van der Waals surface area contributed by atoms with E-state index < -0.39 is 10.0 Å². The minimum absolute atomic E-state index is 0.0480. The molecule has 2 N–H and O–H groups in total. The maximum absolute atomic E-state index is 12.0. The zero-order valence-electron chi connectivity index (χ0n) is 9.33. The highest BCUT2D eigenvalue weighted by Gasteiger charge is 2.29. The van der Waals surface area contributed by atoms with Gasteiger partial charge in [-0.25, -0.2) is 8.42 Å². The molecule has 18 heavy (non-hydrogen) atoms. The van der Waals surface area contributed by atoms with Crippen LogP contribution in [0.4, 0.5) is 0 Å². The van der Waals surface area contributed by atoms with Crippen LogP contribution in [0.2, 0.25) is 0 Å². The van der Waals surface area contributed by atoms with Crippen molar-refractivity contribution in [3.8, 4) is 5.75 Å². The van der Waals surface area contributed by atoms with E-state index in [4.69, 9.17) is 4.74 Å². The van der Waals surface area contributed by atoms with E-state index in [1.165, 1.54) is 12.3 Å². The van der Waals surface area contributed by atoms with E-state index in [0.29, 0.717) is 6.61 Å². The first kappa shape index (κ1) is 11.2. The van der Waals surface area contributed by atoms with Crippen molar-refractivity contribution < 1.29 is 13.2 Å². The van der Waals surface area contributed by atoms with E-state index >= 15 is 0 Å². The van der Waals surface area contributed by atoms with E-state index in [9.17, 15) is 8.42 Å². The number of rotatable bonds is 3. The predicted molar refractivity (Wildman–Crippen MR) is 63.6 cm³/mol.